The summed E-state index contributed by atoms with van der Waals surface area (Å²) in [5, 5.41) is 4.59. The number of hydrogen-bond donors (Lipinski definition) is 0. The van der Waals surface area contributed by atoms with Gasteiger partial charge in [-0.05, 0) is 138 Å². The Morgan fingerprint density at radius 3 is 2.02 bits per heavy atom. The summed E-state index contributed by atoms with van der Waals surface area (Å²) < 4.78 is 12.9. The lowest BCUT2D eigenvalue weighted by Gasteiger charge is -2.54. The zero-order chi connectivity index (χ0) is 36.3. The molecular weight excluding hydrogens is 683 g/mol. The van der Waals surface area contributed by atoms with Crippen LogP contribution in [0.3, 0.4) is 0 Å². The largest absolute Gasteiger partial charge is 0.456 e. The van der Waals surface area contributed by atoms with Crippen molar-refractivity contribution in [1.82, 2.24) is 0 Å². The lowest BCUT2D eigenvalue weighted by Crippen LogP contribution is -2.50. The Morgan fingerprint density at radius 1 is 0.464 bits per heavy atom. The predicted octanol–water partition coefficient (Wildman–Crippen LogP) is 14.3. The molecule has 14 rings (SSSR count). The van der Waals surface area contributed by atoms with E-state index in [-0.39, 0.29) is 5.41 Å². The van der Waals surface area contributed by atoms with Crippen molar-refractivity contribution in [3.8, 4) is 22.3 Å². The summed E-state index contributed by atoms with van der Waals surface area (Å²) in [5.41, 5.74) is 16.1. The molecule has 6 atom stereocenters. The first-order valence-electron chi connectivity index (χ1n) is 20.6. The van der Waals surface area contributed by atoms with E-state index >= 15 is 0 Å². The molecule has 3 bridgehead atoms. The van der Waals surface area contributed by atoms with Crippen LogP contribution in [-0.4, -0.2) is 0 Å². The Balaban J connectivity index is 0.944. The third-order valence-corrected chi connectivity index (χ3v) is 15.6. The Bertz CT molecular complexity index is 3130. The van der Waals surface area contributed by atoms with Gasteiger partial charge in [-0.25, -0.2) is 0 Å². The minimum atomic E-state index is 0.160. The summed E-state index contributed by atoms with van der Waals surface area (Å²) in [6, 6.07) is 55.9. The van der Waals surface area contributed by atoms with E-state index in [1.54, 1.807) is 11.1 Å². The lowest BCUT2D eigenvalue weighted by molar-refractivity contribution is -0.0193. The van der Waals surface area contributed by atoms with Gasteiger partial charge in [0.1, 0.15) is 22.3 Å². The number of hydrogen-bond acceptors (Lipinski definition) is 3. The van der Waals surface area contributed by atoms with Gasteiger partial charge in [-0.3, -0.25) is 0 Å². The standard InChI is InChI=1S/C53H39NO2/c1-4-13-45-39(8-1)44-27-36(21-23-46(44)53(45)34-25-31-24-33-26-50(53)52(33,29-31)30-34)54(37-20-22-42-40-9-2-5-14-47(40)55-49(42)28-37)35-18-16-32(17-19-35)38-11-7-12-43-41-10-3-6-15-48(41)56-51(38)43/h1-23,27-28,31,33-34,50H,24-26,29-30H2. The van der Waals surface area contributed by atoms with Gasteiger partial charge in [0, 0.05) is 55.7 Å². The first-order chi connectivity index (χ1) is 27.7. The molecule has 5 aliphatic rings. The van der Waals surface area contributed by atoms with E-state index in [1.807, 2.05) is 12.1 Å². The van der Waals surface area contributed by atoms with Crippen molar-refractivity contribution in [3.63, 3.8) is 0 Å². The minimum absolute atomic E-state index is 0.160. The quantitative estimate of drug-likeness (QED) is 0.181. The number of furan rings is 2. The summed E-state index contributed by atoms with van der Waals surface area (Å²) >= 11 is 0. The summed E-state index contributed by atoms with van der Waals surface area (Å²) in [4.78, 5) is 2.43. The van der Waals surface area contributed by atoms with E-state index in [9.17, 15) is 0 Å². The van der Waals surface area contributed by atoms with Gasteiger partial charge >= 0.3 is 0 Å². The van der Waals surface area contributed by atoms with Gasteiger partial charge < -0.3 is 13.7 Å². The van der Waals surface area contributed by atoms with Crippen molar-refractivity contribution < 1.29 is 8.83 Å². The molecule has 2 spiro atoms. The van der Waals surface area contributed by atoms with E-state index < -0.39 is 0 Å². The first-order valence-corrected chi connectivity index (χ1v) is 20.6. The molecule has 0 aliphatic heterocycles. The van der Waals surface area contributed by atoms with Crippen LogP contribution in [0.2, 0.25) is 0 Å². The molecule has 56 heavy (non-hydrogen) atoms. The van der Waals surface area contributed by atoms with Gasteiger partial charge in [0.15, 0.2) is 0 Å². The fourth-order valence-electron chi connectivity index (χ4n) is 13.7. The number of anilines is 3. The van der Waals surface area contributed by atoms with Gasteiger partial charge in [-0.2, -0.15) is 0 Å². The molecule has 0 saturated heterocycles. The highest BCUT2D eigenvalue weighted by Gasteiger charge is 2.76. The van der Waals surface area contributed by atoms with E-state index in [0.29, 0.717) is 5.41 Å². The second kappa shape index (κ2) is 10.4. The second-order valence-corrected chi connectivity index (χ2v) is 17.7. The third kappa shape index (κ3) is 3.61. The minimum Gasteiger partial charge on any atom is -0.456 e. The molecule has 268 valence electrons. The molecule has 6 unspecified atom stereocenters. The van der Waals surface area contributed by atoms with Crippen LogP contribution in [0.4, 0.5) is 17.1 Å². The highest BCUT2D eigenvalue weighted by Crippen LogP contribution is 2.83. The Hall–Kier alpha value is -6.06. The monoisotopic (exact) mass is 721 g/mol. The number of para-hydroxylation sites is 3. The molecule has 5 aliphatic carbocycles. The van der Waals surface area contributed by atoms with Crippen molar-refractivity contribution in [2.45, 2.75) is 37.5 Å². The highest BCUT2D eigenvalue weighted by molar-refractivity contribution is 6.10. The average Bonchev–Trinajstić information content (AvgIpc) is 3.97. The molecule has 0 amide bonds. The molecule has 2 heterocycles. The summed E-state index contributed by atoms with van der Waals surface area (Å²) in [6.07, 6.45) is 7.23. The molecule has 9 aromatic rings. The van der Waals surface area contributed by atoms with Gasteiger partial charge in [0.05, 0.1) is 0 Å². The van der Waals surface area contributed by atoms with Crippen LogP contribution < -0.4 is 4.90 Å². The van der Waals surface area contributed by atoms with E-state index in [1.165, 1.54) is 48.9 Å². The van der Waals surface area contributed by atoms with Crippen molar-refractivity contribution in [3.05, 3.63) is 163 Å². The van der Waals surface area contributed by atoms with Crippen LogP contribution in [-0.2, 0) is 5.41 Å². The maximum absolute atomic E-state index is 6.48. The van der Waals surface area contributed by atoms with E-state index in [0.717, 1.165) is 90.1 Å². The van der Waals surface area contributed by atoms with Gasteiger partial charge in [0.25, 0.3) is 0 Å². The van der Waals surface area contributed by atoms with Crippen LogP contribution in [0, 0.1) is 29.1 Å². The van der Waals surface area contributed by atoms with E-state index in [2.05, 4.69) is 144 Å². The molecule has 2 aromatic heterocycles. The molecule has 3 nitrogen and oxygen atoms in total. The van der Waals surface area contributed by atoms with Crippen LogP contribution in [0.5, 0.6) is 0 Å². The SMILES string of the molecule is c1ccc2c(c1)-c1cc(N(c3ccc(-c4cccc5c4oc4ccccc45)cc3)c3ccc4c(c3)oc3ccccc34)ccc1C21C2CC3CC4CC1C4(C3)C2. The zero-order valence-electron chi connectivity index (χ0n) is 31.0. The topological polar surface area (TPSA) is 29.5 Å². The van der Waals surface area contributed by atoms with Crippen molar-refractivity contribution in [2.24, 2.45) is 29.1 Å². The van der Waals surface area contributed by atoms with Crippen molar-refractivity contribution in [1.29, 1.82) is 0 Å². The van der Waals surface area contributed by atoms with Crippen molar-refractivity contribution in [2.75, 3.05) is 4.90 Å². The van der Waals surface area contributed by atoms with Crippen molar-refractivity contribution >= 4 is 60.9 Å². The zero-order valence-corrected chi connectivity index (χ0v) is 31.0. The smallest absolute Gasteiger partial charge is 0.143 e. The van der Waals surface area contributed by atoms with Crippen LogP contribution >= 0.6 is 0 Å². The molecular formula is C53H39NO2. The fourth-order valence-corrected chi connectivity index (χ4v) is 13.7. The summed E-state index contributed by atoms with van der Waals surface area (Å²) in [6.45, 7) is 0. The normalized spacial score (nSPS) is 26.4. The number of nitrogens with zero attached hydrogens (tertiary/aromatic N) is 1. The Kier molecular flexibility index (Phi) is 5.61. The van der Waals surface area contributed by atoms with Gasteiger partial charge in [-0.15, -0.1) is 0 Å². The van der Waals surface area contributed by atoms with Gasteiger partial charge in [0.2, 0.25) is 0 Å². The maximum atomic E-state index is 6.48. The second-order valence-electron chi connectivity index (χ2n) is 17.7. The fraction of sp³-hybridized carbons (Fsp3) is 0.208. The Labute approximate surface area is 325 Å². The predicted molar refractivity (Wildman–Crippen MR) is 227 cm³/mol. The van der Waals surface area contributed by atoms with Crippen LogP contribution in [0.15, 0.2) is 160 Å². The summed E-state index contributed by atoms with van der Waals surface area (Å²) in [7, 11) is 0. The highest BCUT2D eigenvalue weighted by atomic mass is 16.3. The molecule has 4 fully saturated rings. The molecule has 3 heteroatoms. The molecule has 0 N–H and O–H groups in total. The van der Waals surface area contributed by atoms with Crippen LogP contribution in [0.25, 0.3) is 66.1 Å². The molecule has 7 aromatic carbocycles. The summed E-state index contributed by atoms with van der Waals surface area (Å²) in [5.74, 6) is 3.43. The average molecular weight is 722 g/mol. The lowest BCUT2D eigenvalue weighted by atomic mass is 9.49. The molecule has 4 saturated carbocycles. The third-order valence-electron chi connectivity index (χ3n) is 15.6. The number of benzene rings is 7. The van der Waals surface area contributed by atoms with E-state index in [4.69, 9.17) is 8.83 Å². The molecule has 0 radical (unpaired) electrons. The number of fused-ring (bicyclic) bond motifs is 15. The Morgan fingerprint density at radius 2 is 1.12 bits per heavy atom. The first kappa shape index (κ1) is 30.2. The number of rotatable bonds is 4. The van der Waals surface area contributed by atoms with Crippen LogP contribution in [0.1, 0.15) is 43.2 Å². The van der Waals surface area contributed by atoms with Gasteiger partial charge in [-0.1, -0.05) is 97.1 Å². The maximum Gasteiger partial charge on any atom is 0.143 e.